The van der Waals surface area contributed by atoms with Crippen LogP contribution in [0.4, 0.5) is 0 Å². The minimum absolute atomic E-state index is 0.130. The molecular weight excluding hydrogens is 622 g/mol. The second-order valence-corrected chi connectivity index (χ2v) is 13.3. The van der Waals surface area contributed by atoms with Gasteiger partial charge in [0.15, 0.2) is 6.61 Å². The standard InChI is InChI=1S/C44H39NO5/c1-26-13-32-21-33-14-27(2)16-35(42(33)48)23-38-19-31(29-11-7-4-8-12-29)20-39(44(38)50-25-40(45)46)24-37-18-30(28-9-5-3-6-10-28)17-36(43(37)49)22-34(15-26)41(32)47/h3-20,47-49H,21-25H2,1-2H3,(H2,45,46). The van der Waals surface area contributed by atoms with E-state index < -0.39 is 5.91 Å². The molecule has 0 fully saturated rings. The summed E-state index contributed by atoms with van der Waals surface area (Å²) < 4.78 is 6.23. The van der Waals surface area contributed by atoms with Crippen LogP contribution >= 0.6 is 0 Å². The maximum absolute atomic E-state index is 12.1. The molecule has 1 aliphatic carbocycles. The maximum atomic E-state index is 12.1. The fourth-order valence-electron chi connectivity index (χ4n) is 7.20. The van der Waals surface area contributed by atoms with Gasteiger partial charge in [0.1, 0.15) is 23.0 Å². The third-order valence-electron chi connectivity index (χ3n) is 9.43. The molecule has 0 unspecified atom stereocenters. The lowest BCUT2D eigenvalue weighted by Gasteiger charge is -2.21. The van der Waals surface area contributed by atoms with Gasteiger partial charge in [-0.25, -0.2) is 0 Å². The van der Waals surface area contributed by atoms with E-state index in [0.29, 0.717) is 52.0 Å². The van der Waals surface area contributed by atoms with Crippen LogP contribution < -0.4 is 10.5 Å². The van der Waals surface area contributed by atoms with Gasteiger partial charge in [0.2, 0.25) is 0 Å². The van der Waals surface area contributed by atoms with Crippen LogP contribution in [-0.2, 0) is 30.5 Å². The van der Waals surface area contributed by atoms with E-state index in [1.165, 1.54) is 0 Å². The highest BCUT2D eigenvalue weighted by Gasteiger charge is 2.23. The lowest BCUT2D eigenvalue weighted by Crippen LogP contribution is -2.21. The minimum atomic E-state index is -0.607. The molecule has 50 heavy (non-hydrogen) atoms. The Balaban J connectivity index is 1.53. The first kappa shape index (κ1) is 32.5. The summed E-state index contributed by atoms with van der Waals surface area (Å²) in [6.45, 7) is 3.65. The van der Waals surface area contributed by atoms with Gasteiger partial charge in [-0.05, 0) is 105 Å². The number of hydrogen-bond acceptors (Lipinski definition) is 5. The molecule has 6 heteroatoms. The number of aromatic hydroxyl groups is 3. The Morgan fingerprint density at radius 2 is 0.840 bits per heavy atom. The van der Waals surface area contributed by atoms with Gasteiger partial charge in [-0.1, -0.05) is 96.1 Å². The minimum Gasteiger partial charge on any atom is -0.507 e. The van der Waals surface area contributed by atoms with Crippen LogP contribution in [0.2, 0.25) is 0 Å². The van der Waals surface area contributed by atoms with Gasteiger partial charge in [-0.2, -0.15) is 0 Å². The number of nitrogens with two attached hydrogens (primary N) is 1. The summed E-state index contributed by atoms with van der Waals surface area (Å²) in [5.41, 5.74) is 17.0. The Hall–Kier alpha value is -6.01. The number of fused-ring (bicyclic) bond motifs is 8. The van der Waals surface area contributed by atoms with Crippen molar-refractivity contribution in [1.29, 1.82) is 0 Å². The van der Waals surface area contributed by atoms with Gasteiger partial charge in [0, 0.05) is 25.7 Å². The van der Waals surface area contributed by atoms with E-state index in [4.69, 9.17) is 10.5 Å². The van der Waals surface area contributed by atoms with Crippen molar-refractivity contribution in [3.63, 3.8) is 0 Å². The zero-order valence-corrected chi connectivity index (χ0v) is 28.2. The fraction of sp³-hybridized carbons (Fsp3) is 0.159. The number of phenolic OH excluding ortho intramolecular Hbond substituents is 3. The van der Waals surface area contributed by atoms with E-state index in [2.05, 4.69) is 0 Å². The topological polar surface area (TPSA) is 113 Å². The van der Waals surface area contributed by atoms with Gasteiger partial charge >= 0.3 is 0 Å². The summed E-state index contributed by atoms with van der Waals surface area (Å²) >= 11 is 0. The van der Waals surface area contributed by atoms with Gasteiger partial charge < -0.3 is 25.8 Å². The zero-order valence-electron chi connectivity index (χ0n) is 28.2. The monoisotopic (exact) mass is 661 g/mol. The zero-order chi connectivity index (χ0) is 34.9. The van der Waals surface area contributed by atoms with Crippen LogP contribution in [0.5, 0.6) is 23.0 Å². The average molecular weight is 662 g/mol. The fourth-order valence-corrected chi connectivity index (χ4v) is 7.20. The van der Waals surface area contributed by atoms with Crippen LogP contribution in [0.15, 0.2) is 109 Å². The summed E-state index contributed by atoms with van der Waals surface area (Å²) in [6.07, 6.45) is 1.17. The van der Waals surface area contributed by atoms with Crippen molar-refractivity contribution in [2.75, 3.05) is 6.61 Å². The summed E-state index contributed by atoms with van der Waals surface area (Å²) in [5, 5.41) is 35.4. The Morgan fingerprint density at radius 1 is 0.520 bits per heavy atom. The van der Waals surface area contributed by atoms with Crippen molar-refractivity contribution in [3.8, 4) is 45.3 Å². The van der Waals surface area contributed by atoms with Crippen molar-refractivity contribution in [1.82, 2.24) is 0 Å². The molecule has 5 N–H and O–H groups in total. The number of hydrogen-bond donors (Lipinski definition) is 4. The quantitative estimate of drug-likeness (QED) is 0.148. The number of carbonyl (C=O) groups is 1. The molecule has 0 atom stereocenters. The van der Waals surface area contributed by atoms with Gasteiger partial charge in [-0.15, -0.1) is 0 Å². The van der Waals surface area contributed by atoms with Crippen LogP contribution in [-0.4, -0.2) is 27.8 Å². The van der Waals surface area contributed by atoms with Crippen molar-refractivity contribution in [2.45, 2.75) is 39.5 Å². The number of aryl methyl sites for hydroxylation is 2. The van der Waals surface area contributed by atoms with E-state index in [-0.39, 0.29) is 36.7 Å². The Kier molecular flexibility index (Phi) is 8.77. The molecule has 1 amide bonds. The lowest BCUT2D eigenvalue weighted by atomic mass is 9.87. The van der Waals surface area contributed by atoms with Gasteiger partial charge in [-0.3, -0.25) is 4.79 Å². The van der Waals surface area contributed by atoms with E-state index in [0.717, 1.165) is 44.5 Å². The molecule has 7 rings (SSSR count). The predicted molar refractivity (Wildman–Crippen MR) is 197 cm³/mol. The smallest absolute Gasteiger partial charge is 0.255 e. The van der Waals surface area contributed by atoms with Crippen LogP contribution in [0, 0.1) is 13.8 Å². The van der Waals surface area contributed by atoms with Crippen LogP contribution in [0.25, 0.3) is 22.3 Å². The van der Waals surface area contributed by atoms with Crippen molar-refractivity contribution >= 4 is 5.91 Å². The summed E-state index contributed by atoms with van der Waals surface area (Å²) in [6, 6.07) is 35.8. The second kappa shape index (κ2) is 13.5. The molecule has 0 heterocycles. The SMILES string of the molecule is Cc1cc2c(O)c(c1)Cc1cc(-c3ccccc3)cc(c1O)Cc1cc(-c3ccccc3)cc(c1OCC(N)=O)Cc1cc(C)cc(c1O)C2. The first-order valence-corrected chi connectivity index (χ1v) is 16.8. The molecular formula is C44H39NO5. The van der Waals surface area contributed by atoms with Crippen LogP contribution in [0.1, 0.15) is 55.6 Å². The lowest BCUT2D eigenvalue weighted by molar-refractivity contribution is -0.119. The summed E-state index contributed by atoms with van der Waals surface area (Å²) in [5.74, 6) is 0.307. The molecule has 0 spiro atoms. The molecule has 1 aliphatic rings. The molecule has 0 saturated carbocycles. The number of amides is 1. The van der Waals surface area contributed by atoms with E-state index in [1.807, 2.05) is 123 Å². The first-order valence-electron chi connectivity index (χ1n) is 16.8. The highest BCUT2D eigenvalue weighted by molar-refractivity contribution is 5.76. The number of phenols is 3. The maximum Gasteiger partial charge on any atom is 0.255 e. The molecule has 8 bridgehead atoms. The highest BCUT2D eigenvalue weighted by atomic mass is 16.5. The third kappa shape index (κ3) is 6.65. The molecule has 6 nitrogen and oxygen atoms in total. The van der Waals surface area contributed by atoms with E-state index >= 15 is 0 Å². The number of ether oxygens (including phenoxy) is 1. The highest BCUT2D eigenvalue weighted by Crippen LogP contribution is 2.41. The number of primary amides is 1. The summed E-state index contributed by atoms with van der Waals surface area (Å²) in [7, 11) is 0. The van der Waals surface area contributed by atoms with Crippen LogP contribution in [0.3, 0.4) is 0 Å². The molecule has 0 radical (unpaired) electrons. The van der Waals surface area contributed by atoms with Crippen molar-refractivity contribution in [2.24, 2.45) is 5.73 Å². The van der Waals surface area contributed by atoms with E-state index in [1.54, 1.807) is 0 Å². The molecule has 6 aromatic rings. The average Bonchev–Trinajstić information content (AvgIpc) is 3.10. The van der Waals surface area contributed by atoms with Crippen molar-refractivity contribution in [3.05, 3.63) is 165 Å². The Bertz CT molecular complexity index is 2240. The normalized spacial score (nSPS) is 12.4. The van der Waals surface area contributed by atoms with E-state index in [9.17, 15) is 20.1 Å². The molecule has 0 aromatic heterocycles. The third-order valence-corrected chi connectivity index (χ3v) is 9.43. The predicted octanol–water partition coefficient (Wildman–Crippen LogP) is 8.29. The molecule has 0 aliphatic heterocycles. The van der Waals surface area contributed by atoms with Gasteiger partial charge in [0.05, 0.1) is 0 Å². The Morgan fingerprint density at radius 3 is 1.20 bits per heavy atom. The van der Waals surface area contributed by atoms with Gasteiger partial charge in [0.25, 0.3) is 5.91 Å². The largest absolute Gasteiger partial charge is 0.507 e. The second-order valence-electron chi connectivity index (χ2n) is 13.3. The number of benzene rings is 6. The van der Waals surface area contributed by atoms with Crippen molar-refractivity contribution < 1.29 is 24.9 Å². The number of carbonyl (C=O) groups excluding carboxylic acids is 1. The molecule has 250 valence electrons. The molecule has 0 saturated heterocycles. The number of rotatable bonds is 5. The molecule has 6 aromatic carbocycles. The first-order chi connectivity index (χ1) is 24.1. The summed E-state index contributed by atoms with van der Waals surface area (Å²) in [4.78, 5) is 12.1. The Labute approximate surface area is 292 Å².